The molecule has 3 atom stereocenters. The van der Waals surface area contributed by atoms with E-state index in [-0.39, 0.29) is 30.4 Å². The molecule has 0 radical (unpaired) electrons. The molecule has 0 aliphatic carbocycles. The van der Waals surface area contributed by atoms with Crippen LogP contribution >= 0.6 is 0 Å². The number of carbonyl (C=O) groups excluding carboxylic acids is 2. The minimum absolute atomic E-state index is 0.122. The van der Waals surface area contributed by atoms with Crippen molar-refractivity contribution in [3.8, 4) is 11.1 Å². The summed E-state index contributed by atoms with van der Waals surface area (Å²) in [5, 5.41) is 11.2. The number of fused-ring (bicyclic) bond motifs is 5. The van der Waals surface area contributed by atoms with Gasteiger partial charge in [0.05, 0.1) is 25.4 Å². The number of likely N-dealkylation sites (N-methyl/N-ethyl adjacent to an activating group) is 1. The molecule has 2 amide bonds. The first-order valence-electron chi connectivity index (χ1n) is 13.7. The van der Waals surface area contributed by atoms with Crippen molar-refractivity contribution >= 4 is 22.7 Å². The van der Waals surface area contributed by atoms with Gasteiger partial charge in [-0.05, 0) is 36.2 Å². The number of hydrogen-bond acceptors (Lipinski definition) is 5. The van der Waals surface area contributed by atoms with Gasteiger partial charge in [-0.1, -0.05) is 49.4 Å². The van der Waals surface area contributed by atoms with E-state index >= 15 is 0 Å². The molecule has 1 N–H and O–H groups in total. The van der Waals surface area contributed by atoms with Gasteiger partial charge in [-0.3, -0.25) is 14.6 Å². The van der Waals surface area contributed by atoms with Gasteiger partial charge in [0.2, 0.25) is 0 Å². The van der Waals surface area contributed by atoms with E-state index in [0.717, 1.165) is 27.6 Å². The number of para-hydroxylation sites is 1. The third-order valence-corrected chi connectivity index (χ3v) is 7.95. The molecule has 40 heavy (non-hydrogen) atoms. The lowest BCUT2D eigenvalue weighted by atomic mass is 9.96. The Balaban J connectivity index is 1.60. The molecule has 2 aromatic carbocycles. The Labute approximate surface area is 234 Å². The zero-order valence-corrected chi connectivity index (χ0v) is 23.4. The molecule has 0 unspecified atom stereocenters. The highest BCUT2D eigenvalue weighted by atomic mass is 16.5. The normalized spacial score (nSPS) is 18.5. The number of aliphatic hydroxyl groups is 1. The van der Waals surface area contributed by atoms with E-state index in [9.17, 15) is 14.7 Å². The Kier molecular flexibility index (Phi) is 8.00. The largest absolute Gasteiger partial charge is 0.394 e. The van der Waals surface area contributed by atoms with Gasteiger partial charge >= 0.3 is 0 Å². The van der Waals surface area contributed by atoms with E-state index in [1.807, 2.05) is 74.0 Å². The third kappa shape index (κ3) is 5.12. The molecule has 4 aromatic rings. The summed E-state index contributed by atoms with van der Waals surface area (Å²) in [4.78, 5) is 35.0. The molecule has 3 heterocycles. The molecular formula is C32H36N4O4. The topological polar surface area (TPSA) is 87.9 Å². The number of aromatic nitrogens is 2. The number of carbonyl (C=O) groups is 2. The van der Waals surface area contributed by atoms with Gasteiger partial charge in [-0.2, -0.15) is 0 Å². The quantitative estimate of drug-likeness (QED) is 0.406. The van der Waals surface area contributed by atoms with Gasteiger partial charge in [0.15, 0.2) is 0 Å². The van der Waals surface area contributed by atoms with Crippen molar-refractivity contribution in [3.63, 3.8) is 0 Å². The first-order valence-corrected chi connectivity index (χ1v) is 13.7. The van der Waals surface area contributed by atoms with Gasteiger partial charge in [0.25, 0.3) is 11.8 Å². The maximum atomic E-state index is 14.4. The van der Waals surface area contributed by atoms with Gasteiger partial charge < -0.3 is 24.2 Å². The van der Waals surface area contributed by atoms with Crippen molar-refractivity contribution in [1.82, 2.24) is 19.4 Å². The summed E-state index contributed by atoms with van der Waals surface area (Å²) >= 11 is 0. The first kappa shape index (κ1) is 27.6. The number of amides is 2. The molecule has 0 fully saturated rings. The average Bonchev–Trinajstić information content (AvgIpc) is 3.28. The fourth-order valence-electron chi connectivity index (χ4n) is 5.59. The van der Waals surface area contributed by atoms with Gasteiger partial charge in [-0.25, -0.2) is 0 Å². The smallest absolute Gasteiger partial charge is 0.271 e. The maximum Gasteiger partial charge on any atom is 0.271 e. The van der Waals surface area contributed by atoms with E-state index in [1.165, 1.54) is 0 Å². The lowest BCUT2D eigenvalue weighted by Crippen LogP contribution is -2.48. The van der Waals surface area contributed by atoms with Gasteiger partial charge in [0.1, 0.15) is 5.69 Å². The van der Waals surface area contributed by atoms with Gasteiger partial charge in [0, 0.05) is 67.5 Å². The second kappa shape index (κ2) is 11.6. The van der Waals surface area contributed by atoms with Crippen LogP contribution < -0.4 is 0 Å². The van der Waals surface area contributed by atoms with Crippen LogP contribution in [0.5, 0.6) is 0 Å². The molecule has 0 spiro atoms. The Morgan fingerprint density at radius 2 is 1.82 bits per heavy atom. The highest BCUT2D eigenvalue weighted by Crippen LogP contribution is 2.38. The van der Waals surface area contributed by atoms with Crippen molar-refractivity contribution in [2.24, 2.45) is 13.0 Å². The van der Waals surface area contributed by atoms with E-state index in [2.05, 4.69) is 4.98 Å². The Bertz CT molecular complexity index is 1520. The van der Waals surface area contributed by atoms with Crippen molar-refractivity contribution in [2.45, 2.75) is 32.6 Å². The van der Waals surface area contributed by atoms with Crippen molar-refractivity contribution in [3.05, 3.63) is 89.9 Å². The number of hydrogen-bond donors (Lipinski definition) is 1. The maximum absolute atomic E-state index is 14.4. The predicted octanol–water partition coefficient (Wildman–Crippen LogP) is 4.37. The average molecular weight is 541 g/mol. The molecule has 2 aromatic heterocycles. The molecule has 8 heteroatoms. The second-order valence-electron chi connectivity index (χ2n) is 10.7. The molecule has 208 valence electrons. The SMILES string of the molecule is C[C@H]1CN([C@@H](C)CO)C(=O)c2c(c3ccccc3n2C)-c2ccccc2CO[C@@H]1CN(C)C(=O)c1ccncc1. The lowest BCUT2D eigenvalue weighted by Gasteiger charge is -2.35. The molecule has 1 aliphatic heterocycles. The summed E-state index contributed by atoms with van der Waals surface area (Å²) in [6.07, 6.45) is 2.85. The number of benzene rings is 2. The Morgan fingerprint density at radius 3 is 2.58 bits per heavy atom. The highest BCUT2D eigenvalue weighted by Gasteiger charge is 2.34. The minimum Gasteiger partial charge on any atom is -0.394 e. The number of pyridine rings is 1. The lowest BCUT2D eigenvalue weighted by molar-refractivity contribution is -0.0210. The summed E-state index contributed by atoms with van der Waals surface area (Å²) in [5.74, 6) is -0.392. The van der Waals surface area contributed by atoms with Crippen LogP contribution in [0, 0.1) is 5.92 Å². The van der Waals surface area contributed by atoms with Crippen LogP contribution in [-0.4, -0.2) is 75.2 Å². The summed E-state index contributed by atoms with van der Waals surface area (Å²) in [6.45, 7) is 4.76. The molecule has 1 aliphatic rings. The molecule has 8 nitrogen and oxygen atoms in total. The van der Waals surface area contributed by atoms with Crippen LogP contribution in [0.4, 0.5) is 0 Å². The molecule has 5 rings (SSSR count). The summed E-state index contributed by atoms with van der Waals surface area (Å²) in [5.41, 5.74) is 4.89. The van der Waals surface area contributed by atoms with Crippen LogP contribution in [0.2, 0.25) is 0 Å². The van der Waals surface area contributed by atoms with Crippen molar-refractivity contribution < 1.29 is 19.4 Å². The number of rotatable bonds is 5. The molecule has 0 bridgehead atoms. The zero-order chi connectivity index (χ0) is 28.4. The van der Waals surface area contributed by atoms with E-state index in [0.29, 0.717) is 31.0 Å². The van der Waals surface area contributed by atoms with Crippen LogP contribution in [-0.2, 0) is 18.4 Å². The fourth-order valence-corrected chi connectivity index (χ4v) is 5.59. The van der Waals surface area contributed by atoms with Crippen molar-refractivity contribution in [1.29, 1.82) is 0 Å². The third-order valence-electron chi connectivity index (χ3n) is 7.95. The van der Waals surface area contributed by atoms with Crippen LogP contribution in [0.25, 0.3) is 22.0 Å². The number of nitrogens with zero attached hydrogens (tertiary/aromatic N) is 4. The van der Waals surface area contributed by atoms with E-state index in [4.69, 9.17) is 4.74 Å². The van der Waals surface area contributed by atoms with E-state index in [1.54, 1.807) is 41.4 Å². The predicted molar refractivity (Wildman–Crippen MR) is 155 cm³/mol. The van der Waals surface area contributed by atoms with Crippen molar-refractivity contribution in [2.75, 3.05) is 26.7 Å². The molecule has 0 saturated heterocycles. The van der Waals surface area contributed by atoms with Crippen LogP contribution in [0.1, 0.15) is 40.3 Å². The number of aryl methyl sites for hydroxylation is 1. The first-order chi connectivity index (χ1) is 19.3. The highest BCUT2D eigenvalue weighted by molar-refractivity contribution is 6.10. The molecular weight excluding hydrogens is 504 g/mol. The number of ether oxygens (including phenoxy) is 1. The van der Waals surface area contributed by atoms with Gasteiger partial charge in [-0.15, -0.1) is 0 Å². The zero-order valence-electron chi connectivity index (χ0n) is 23.4. The Morgan fingerprint density at radius 1 is 1.12 bits per heavy atom. The van der Waals surface area contributed by atoms with Crippen LogP contribution in [0.3, 0.4) is 0 Å². The summed E-state index contributed by atoms with van der Waals surface area (Å²) < 4.78 is 8.55. The fraction of sp³-hybridized carbons (Fsp3) is 0.344. The Hall–Kier alpha value is -4.01. The standard InChI is InChI=1S/C32H36N4O4/c1-21-17-36(22(2)19-37)32(39)30-29(26-11-7-8-12-27(26)35(30)4)25-10-6-5-9-24(25)20-40-28(21)18-34(3)31(38)23-13-15-33-16-14-23/h5-16,21-22,28,37H,17-20H2,1-4H3/t21-,22-,28+/m0/s1. The number of aliphatic hydroxyl groups excluding tert-OH is 1. The van der Waals surface area contributed by atoms with Crippen LogP contribution in [0.15, 0.2) is 73.1 Å². The summed E-state index contributed by atoms with van der Waals surface area (Å²) in [7, 11) is 3.69. The summed E-state index contributed by atoms with van der Waals surface area (Å²) in [6, 6.07) is 19.0. The minimum atomic E-state index is -0.409. The second-order valence-corrected chi connectivity index (χ2v) is 10.7. The molecule has 0 saturated carbocycles. The van der Waals surface area contributed by atoms with E-state index < -0.39 is 6.04 Å². The monoisotopic (exact) mass is 540 g/mol.